The number of hydrogen-bond acceptors (Lipinski definition) is 6. The van der Waals surface area contributed by atoms with E-state index in [0.29, 0.717) is 13.1 Å². The lowest BCUT2D eigenvalue weighted by atomic mass is 10.1. The number of nitrogens with zero attached hydrogens (tertiary/aromatic N) is 2. The lowest BCUT2D eigenvalue weighted by Crippen LogP contribution is -2.59. The average Bonchev–Trinajstić information content (AvgIpc) is 3.09. The molecular weight excluding hydrogens is 456 g/mol. The van der Waals surface area contributed by atoms with Crippen molar-refractivity contribution in [2.24, 2.45) is 0 Å². The number of benzene rings is 2. The van der Waals surface area contributed by atoms with Crippen LogP contribution in [0.25, 0.3) is 0 Å². The van der Waals surface area contributed by atoms with Crippen LogP contribution in [-0.4, -0.2) is 72.2 Å². The molecule has 2 aliphatic rings. The highest BCUT2D eigenvalue weighted by molar-refractivity contribution is 5.68. The zero-order valence-corrected chi connectivity index (χ0v) is 20.3. The molecule has 4 atom stereocenters. The fraction of sp³-hybridized carbons (Fsp3) is 0.500. The van der Waals surface area contributed by atoms with Crippen molar-refractivity contribution in [3.8, 4) is 5.75 Å². The number of rotatable bonds is 5. The molecule has 9 heteroatoms. The number of halogens is 2. The largest absolute Gasteiger partial charge is 0.485 e. The van der Waals surface area contributed by atoms with Crippen molar-refractivity contribution in [2.45, 2.75) is 57.1 Å². The van der Waals surface area contributed by atoms with Crippen LogP contribution in [0.1, 0.15) is 27.2 Å². The van der Waals surface area contributed by atoms with Gasteiger partial charge in [-0.05, 0) is 45.0 Å². The fourth-order valence-corrected chi connectivity index (χ4v) is 4.83. The molecule has 1 aliphatic carbocycles. The van der Waals surface area contributed by atoms with Crippen LogP contribution >= 0.6 is 0 Å². The third kappa shape index (κ3) is 6.21. The summed E-state index contributed by atoms with van der Waals surface area (Å²) in [7, 11) is 0. The van der Waals surface area contributed by atoms with Crippen molar-refractivity contribution in [3.63, 3.8) is 0 Å². The maximum absolute atomic E-state index is 14.2. The van der Waals surface area contributed by atoms with Crippen LogP contribution in [-0.2, 0) is 4.74 Å². The third-order valence-electron chi connectivity index (χ3n) is 6.36. The second kappa shape index (κ2) is 10.4. The summed E-state index contributed by atoms with van der Waals surface area (Å²) in [6.45, 7) is 8.18. The van der Waals surface area contributed by atoms with Gasteiger partial charge in [0.1, 0.15) is 23.6 Å². The summed E-state index contributed by atoms with van der Waals surface area (Å²) in [4.78, 5) is 17.0. The van der Waals surface area contributed by atoms with E-state index >= 15 is 0 Å². The smallest absolute Gasteiger partial charge is 0.407 e. The number of para-hydroxylation sites is 1. The van der Waals surface area contributed by atoms with Crippen LogP contribution in [0.5, 0.6) is 5.75 Å². The standard InChI is InChI=1S/C26H33F2N3O4/c1-26(2,3)35-25(33)29-20-16-22(34-21-10-9-17(27)15-19(21)28)24(32)23(20)31-13-11-30(12-14-31)18-7-5-4-6-8-18/h4-10,15,20,22-24,32H,11-14,16H2,1-3H3,(H,29,33)/t20-,22-,23+,24+/m1/s1. The molecule has 0 aromatic heterocycles. The first-order valence-corrected chi connectivity index (χ1v) is 11.9. The van der Waals surface area contributed by atoms with Crippen molar-refractivity contribution in [1.29, 1.82) is 0 Å². The number of aliphatic hydroxyl groups is 1. The molecule has 4 rings (SSSR count). The Morgan fingerprint density at radius 1 is 1.06 bits per heavy atom. The maximum Gasteiger partial charge on any atom is 0.407 e. The Morgan fingerprint density at radius 2 is 1.74 bits per heavy atom. The molecule has 2 fully saturated rings. The Labute approximate surface area is 204 Å². The minimum absolute atomic E-state index is 0.138. The van der Waals surface area contributed by atoms with Crippen LogP contribution in [0.4, 0.5) is 19.3 Å². The monoisotopic (exact) mass is 489 g/mol. The SMILES string of the molecule is CC(C)(C)OC(=O)N[C@@H]1C[C@@H](Oc2ccc(F)cc2F)[C@H](O)[C@H]1N1CCN(c2ccccc2)CC1. The van der Waals surface area contributed by atoms with Crippen LogP contribution in [0.15, 0.2) is 48.5 Å². The fourth-order valence-electron chi connectivity index (χ4n) is 4.83. The van der Waals surface area contributed by atoms with Gasteiger partial charge in [0.25, 0.3) is 0 Å². The topological polar surface area (TPSA) is 74.3 Å². The molecule has 0 unspecified atom stereocenters. The second-order valence-electron chi connectivity index (χ2n) is 10.1. The van der Waals surface area contributed by atoms with E-state index in [9.17, 15) is 18.7 Å². The molecule has 1 heterocycles. The van der Waals surface area contributed by atoms with Crippen LogP contribution in [0.3, 0.4) is 0 Å². The molecule has 1 amide bonds. The summed E-state index contributed by atoms with van der Waals surface area (Å²) in [6.07, 6.45) is -2.12. The lowest BCUT2D eigenvalue weighted by Gasteiger charge is -2.42. The summed E-state index contributed by atoms with van der Waals surface area (Å²) in [5, 5.41) is 14.1. The van der Waals surface area contributed by atoms with Crippen molar-refractivity contribution in [3.05, 3.63) is 60.2 Å². The highest BCUT2D eigenvalue weighted by Gasteiger charge is 2.48. The van der Waals surface area contributed by atoms with Gasteiger partial charge in [0.05, 0.1) is 12.1 Å². The van der Waals surface area contributed by atoms with Gasteiger partial charge in [0.15, 0.2) is 11.6 Å². The molecule has 0 bridgehead atoms. The number of ether oxygens (including phenoxy) is 2. The second-order valence-corrected chi connectivity index (χ2v) is 10.1. The summed E-state index contributed by atoms with van der Waals surface area (Å²) in [5.41, 5.74) is 0.459. The van der Waals surface area contributed by atoms with E-state index in [1.165, 1.54) is 6.07 Å². The third-order valence-corrected chi connectivity index (χ3v) is 6.36. The van der Waals surface area contributed by atoms with Crippen molar-refractivity contribution < 1.29 is 28.2 Å². The molecule has 0 spiro atoms. The molecule has 7 nitrogen and oxygen atoms in total. The van der Waals surface area contributed by atoms with E-state index < -0.39 is 47.6 Å². The highest BCUT2D eigenvalue weighted by Crippen LogP contribution is 2.32. The van der Waals surface area contributed by atoms with E-state index in [4.69, 9.17) is 9.47 Å². The predicted octanol–water partition coefficient (Wildman–Crippen LogP) is 3.56. The highest BCUT2D eigenvalue weighted by atomic mass is 19.1. The number of nitrogens with one attached hydrogen (secondary N) is 1. The van der Waals surface area contributed by atoms with Crippen LogP contribution in [0, 0.1) is 11.6 Å². The van der Waals surface area contributed by atoms with Gasteiger partial charge in [-0.1, -0.05) is 18.2 Å². The van der Waals surface area contributed by atoms with Crippen molar-refractivity contribution in [2.75, 3.05) is 31.1 Å². The number of carbonyl (C=O) groups excluding carboxylic acids is 1. The number of aliphatic hydroxyl groups excluding tert-OH is 1. The quantitative estimate of drug-likeness (QED) is 0.669. The van der Waals surface area contributed by atoms with E-state index in [2.05, 4.69) is 27.2 Å². The van der Waals surface area contributed by atoms with E-state index in [-0.39, 0.29) is 12.2 Å². The van der Waals surface area contributed by atoms with E-state index in [1.807, 2.05) is 18.2 Å². The summed E-state index contributed by atoms with van der Waals surface area (Å²) in [5.74, 6) is -1.68. The molecule has 1 aliphatic heterocycles. The number of hydrogen-bond donors (Lipinski definition) is 2. The molecule has 2 N–H and O–H groups in total. The zero-order valence-electron chi connectivity index (χ0n) is 20.3. The van der Waals surface area contributed by atoms with Gasteiger partial charge in [-0.2, -0.15) is 0 Å². The Kier molecular flexibility index (Phi) is 7.47. The number of carbonyl (C=O) groups is 1. The minimum atomic E-state index is -0.998. The molecule has 0 radical (unpaired) electrons. The van der Waals surface area contributed by atoms with Gasteiger partial charge in [-0.15, -0.1) is 0 Å². The first-order chi connectivity index (χ1) is 16.6. The van der Waals surface area contributed by atoms with Crippen LogP contribution < -0.4 is 15.0 Å². The normalized spacial score (nSPS) is 25.4. The first kappa shape index (κ1) is 25.2. The van der Waals surface area contributed by atoms with Gasteiger partial charge >= 0.3 is 6.09 Å². The van der Waals surface area contributed by atoms with E-state index in [0.717, 1.165) is 30.9 Å². The molecular formula is C26H33F2N3O4. The van der Waals surface area contributed by atoms with Gasteiger partial charge in [-0.3, -0.25) is 4.90 Å². The number of anilines is 1. The number of alkyl carbamates (subject to hydrolysis) is 1. The van der Waals surface area contributed by atoms with Crippen molar-refractivity contribution in [1.82, 2.24) is 10.2 Å². The Balaban J connectivity index is 1.49. The Morgan fingerprint density at radius 3 is 2.37 bits per heavy atom. The van der Waals surface area contributed by atoms with Gasteiger partial charge < -0.3 is 24.8 Å². The molecule has 2 aromatic rings. The number of amides is 1. The molecule has 1 saturated carbocycles. The molecule has 190 valence electrons. The summed E-state index contributed by atoms with van der Waals surface area (Å²) < 4.78 is 38.8. The average molecular weight is 490 g/mol. The molecule has 1 saturated heterocycles. The van der Waals surface area contributed by atoms with Gasteiger partial charge in [0.2, 0.25) is 0 Å². The molecule has 35 heavy (non-hydrogen) atoms. The maximum atomic E-state index is 14.2. The zero-order chi connectivity index (χ0) is 25.2. The number of piperazine rings is 1. The summed E-state index contributed by atoms with van der Waals surface area (Å²) >= 11 is 0. The lowest BCUT2D eigenvalue weighted by molar-refractivity contribution is 0.00273. The Bertz CT molecular complexity index is 1010. The van der Waals surface area contributed by atoms with Crippen LogP contribution in [0.2, 0.25) is 0 Å². The van der Waals surface area contributed by atoms with Crippen molar-refractivity contribution >= 4 is 11.8 Å². The summed E-state index contributed by atoms with van der Waals surface area (Å²) in [6, 6.07) is 12.2. The van der Waals surface area contributed by atoms with Gasteiger partial charge in [0, 0.05) is 44.4 Å². The first-order valence-electron chi connectivity index (χ1n) is 11.9. The molecule has 2 aromatic carbocycles. The van der Waals surface area contributed by atoms with E-state index in [1.54, 1.807) is 20.8 Å². The Hall–Kier alpha value is -2.91. The predicted molar refractivity (Wildman–Crippen MR) is 129 cm³/mol. The minimum Gasteiger partial charge on any atom is -0.485 e. The van der Waals surface area contributed by atoms with Gasteiger partial charge in [-0.25, -0.2) is 13.6 Å².